The van der Waals surface area contributed by atoms with E-state index in [2.05, 4.69) is 35.0 Å². The first-order chi connectivity index (χ1) is 8.16. The van der Waals surface area contributed by atoms with Gasteiger partial charge < -0.3 is 9.30 Å². The van der Waals surface area contributed by atoms with Gasteiger partial charge in [0.1, 0.15) is 12.4 Å². The van der Waals surface area contributed by atoms with Crippen LogP contribution in [0.25, 0.3) is 0 Å². The van der Waals surface area contributed by atoms with E-state index < -0.39 is 0 Å². The van der Waals surface area contributed by atoms with Crippen molar-refractivity contribution in [2.75, 3.05) is 26.2 Å². The van der Waals surface area contributed by atoms with Crippen LogP contribution in [0.2, 0.25) is 0 Å². The molecule has 1 fully saturated rings. The molecule has 0 aromatic carbocycles. The van der Waals surface area contributed by atoms with Crippen molar-refractivity contribution < 1.29 is 4.74 Å². The van der Waals surface area contributed by atoms with E-state index >= 15 is 0 Å². The lowest BCUT2D eigenvalue weighted by Gasteiger charge is -2.31. The highest BCUT2D eigenvalue weighted by atomic mass is 16.5. The first-order valence-electron chi connectivity index (χ1n) is 5.98. The molecule has 0 spiro atoms. The largest absolute Gasteiger partial charge is 0.368 e. The number of aromatic nitrogens is 3. The lowest BCUT2D eigenvalue weighted by Crippen LogP contribution is -2.39. The van der Waals surface area contributed by atoms with E-state index in [1.165, 1.54) is 5.57 Å². The van der Waals surface area contributed by atoms with E-state index in [0.29, 0.717) is 0 Å². The second-order valence-electron chi connectivity index (χ2n) is 4.70. The average molecular weight is 236 g/mol. The molecule has 0 bridgehead atoms. The Morgan fingerprint density at radius 2 is 2.41 bits per heavy atom. The number of rotatable bonds is 3. The molecule has 17 heavy (non-hydrogen) atoms. The van der Waals surface area contributed by atoms with Crippen LogP contribution in [0.4, 0.5) is 0 Å². The topological polar surface area (TPSA) is 43.2 Å². The van der Waals surface area contributed by atoms with E-state index in [4.69, 9.17) is 4.74 Å². The molecule has 5 nitrogen and oxygen atoms in total. The molecule has 1 aliphatic heterocycles. The molecule has 0 radical (unpaired) electrons. The number of aryl methyl sites for hydroxylation is 1. The summed E-state index contributed by atoms with van der Waals surface area (Å²) in [6.45, 7) is 7.86. The summed E-state index contributed by atoms with van der Waals surface area (Å²) in [5.41, 5.74) is 1.35. The van der Waals surface area contributed by atoms with Crippen molar-refractivity contribution in [1.29, 1.82) is 0 Å². The number of hydrogen-bond acceptors (Lipinski definition) is 4. The molecule has 1 aliphatic rings. The maximum Gasteiger partial charge on any atom is 0.163 e. The molecule has 1 aromatic heterocycles. The van der Waals surface area contributed by atoms with Crippen molar-refractivity contribution in [2.45, 2.75) is 20.0 Å². The summed E-state index contributed by atoms with van der Waals surface area (Å²) in [6.07, 6.45) is 4.01. The minimum atomic E-state index is 0.0433. The second kappa shape index (κ2) is 5.42. The molecule has 0 aliphatic carbocycles. The highest BCUT2D eigenvalue weighted by Gasteiger charge is 2.24. The summed E-state index contributed by atoms with van der Waals surface area (Å²) in [6, 6.07) is 0. The molecule has 0 unspecified atom stereocenters. The summed E-state index contributed by atoms with van der Waals surface area (Å²) < 4.78 is 7.68. The molecule has 5 heteroatoms. The van der Waals surface area contributed by atoms with Gasteiger partial charge in [0.05, 0.1) is 6.61 Å². The van der Waals surface area contributed by atoms with Crippen molar-refractivity contribution in [1.82, 2.24) is 19.7 Å². The quantitative estimate of drug-likeness (QED) is 0.739. The Labute approximate surface area is 102 Å². The Morgan fingerprint density at radius 3 is 3.06 bits per heavy atom. The van der Waals surface area contributed by atoms with Crippen LogP contribution in [0.5, 0.6) is 0 Å². The van der Waals surface area contributed by atoms with Crippen LogP contribution in [0.3, 0.4) is 0 Å². The highest BCUT2D eigenvalue weighted by Crippen LogP contribution is 2.19. The fourth-order valence-corrected chi connectivity index (χ4v) is 1.92. The minimum absolute atomic E-state index is 0.0433. The lowest BCUT2D eigenvalue weighted by atomic mass is 10.2. The van der Waals surface area contributed by atoms with Gasteiger partial charge in [0, 0.05) is 26.7 Å². The van der Waals surface area contributed by atoms with Gasteiger partial charge in [-0.1, -0.05) is 11.6 Å². The van der Waals surface area contributed by atoms with Gasteiger partial charge in [-0.15, -0.1) is 10.2 Å². The van der Waals surface area contributed by atoms with Crippen molar-refractivity contribution in [3.63, 3.8) is 0 Å². The molecule has 1 atom stereocenters. The maximum atomic E-state index is 5.75. The zero-order valence-corrected chi connectivity index (χ0v) is 10.8. The monoisotopic (exact) mass is 236 g/mol. The number of allylic oxidation sites excluding steroid dienone is 1. The van der Waals surface area contributed by atoms with Crippen LogP contribution in [0, 0.1) is 0 Å². The first kappa shape index (κ1) is 12.3. The standard InChI is InChI=1S/C12H20N4O/c1-10(2)4-5-16-6-7-17-11(8-16)12-14-13-9-15(12)3/h4,9,11H,5-8H2,1-3H3/t11-/m1/s1. The third-order valence-electron chi connectivity index (χ3n) is 2.94. The third kappa shape index (κ3) is 3.14. The molecule has 0 saturated carbocycles. The number of morpholine rings is 1. The average Bonchev–Trinajstić information content (AvgIpc) is 2.73. The third-order valence-corrected chi connectivity index (χ3v) is 2.94. The molecule has 94 valence electrons. The number of ether oxygens (including phenoxy) is 1. The summed E-state index contributed by atoms with van der Waals surface area (Å²) in [5, 5.41) is 8.01. The van der Waals surface area contributed by atoms with Gasteiger partial charge >= 0.3 is 0 Å². The van der Waals surface area contributed by atoms with Gasteiger partial charge in [0.15, 0.2) is 5.82 Å². The van der Waals surface area contributed by atoms with Crippen LogP contribution < -0.4 is 0 Å². The zero-order valence-electron chi connectivity index (χ0n) is 10.8. The Balaban J connectivity index is 1.98. The Hall–Kier alpha value is -1.20. The SMILES string of the molecule is CC(C)=CCN1CCO[C@@H](c2nncn2C)C1. The molecular formula is C12H20N4O. The lowest BCUT2D eigenvalue weighted by molar-refractivity contribution is -0.0319. The molecule has 1 saturated heterocycles. The Kier molecular flexibility index (Phi) is 3.91. The van der Waals surface area contributed by atoms with Crippen molar-refractivity contribution in [2.24, 2.45) is 7.05 Å². The molecule has 1 aromatic rings. The van der Waals surface area contributed by atoms with E-state index in [1.807, 2.05) is 11.6 Å². The molecule has 0 N–H and O–H groups in total. The van der Waals surface area contributed by atoms with Crippen molar-refractivity contribution in [3.8, 4) is 0 Å². The fraction of sp³-hybridized carbons (Fsp3) is 0.667. The molecule has 0 amide bonds. The van der Waals surface area contributed by atoms with Crippen LogP contribution in [-0.2, 0) is 11.8 Å². The fourth-order valence-electron chi connectivity index (χ4n) is 1.92. The van der Waals surface area contributed by atoms with Gasteiger partial charge in [0.2, 0.25) is 0 Å². The van der Waals surface area contributed by atoms with E-state index in [9.17, 15) is 0 Å². The Morgan fingerprint density at radius 1 is 1.59 bits per heavy atom. The maximum absolute atomic E-state index is 5.75. The molecule has 2 heterocycles. The number of hydrogen-bond donors (Lipinski definition) is 0. The summed E-state index contributed by atoms with van der Waals surface area (Å²) in [5.74, 6) is 0.909. The minimum Gasteiger partial charge on any atom is -0.368 e. The van der Waals surface area contributed by atoms with Crippen molar-refractivity contribution in [3.05, 3.63) is 23.8 Å². The summed E-state index contributed by atoms with van der Waals surface area (Å²) in [7, 11) is 1.95. The second-order valence-corrected chi connectivity index (χ2v) is 4.70. The number of nitrogens with zero attached hydrogens (tertiary/aromatic N) is 4. The predicted molar refractivity (Wildman–Crippen MR) is 65.6 cm³/mol. The van der Waals surface area contributed by atoms with Gasteiger partial charge in [-0.05, 0) is 13.8 Å². The highest BCUT2D eigenvalue weighted by molar-refractivity contribution is 4.98. The summed E-state index contributed by atoms with van der Waals surface area (Å²) >= 11 is 0. The normalized spacial score (nSPS) is 21.5. The zero-order chi connectivity index (χ0) is 12.3. The van der Waals surface area contributed by atoms with E-state index in [1.54, 1.807) is 6.33 Å². The van der Waals surface area contributed by atoms with E-state index in [0.717, 1.165) is 32.1 Å². The molecule has 2 rings (SSSR count). The van der Waals surface area contributed by atoms with E-state index in [-0.39, 0.29) is 6.10 Å². The molecular weight excluding hydrogens is 216 g/mol. The smallest absolute Gasteiger partial charge is 0.163 e. The van der Waals surface area contributed by atoms with Gasteiger partial charge in [0.25, 0.3) is 0 Å². The van der Waals surface area contributed by atoms with Crippen LogP contribution in [0.1, 0.15) is 25.8 Å². The van der Waals surface area contributed by atoms with Crippen LogP contribution in [-0.4, -0.2) is 45.9 Å². The predicted octanol–water partition coefficient (Wildman–Crippen LogP) is 1.15. The van der Waals surface area contributed by atoms with Crippen LogP contribution >= 0.6 is 0 Å². The van der Waals surface area contributed by atoms with Gasteiger partial charge in [-0.3, -0.25) is 4.90 Å². The van der Waals surface area contributed by atoms with Crippen molar-refractivity contribution >= 4 is 0 Å². The van der Waals surface area contributed by atoms with Gasteiger partial charge in [-0.2, -0.15) is 0 Å². The summed E-state index contributed by atoms with van der Waals surface area (Å²) in [4.78, 5) is 2.38. The Bertz CT molecular complexity index is 395. The van der Waals surface area contributed by atoms with Gasteiger partial charge in [-0.25, -0.2) is 0 Å². The first-order valence-corrected chi connectivity index (χ1v) is 5.98. The van der Waals surface area contributed by atoms with Crippen LogP contribution in [0.15, 0.2) is 18.0 Å².